The van der Waals surface area contributed by atoms with E-state index >= 15 is 0 Å². The van der Waals surface area contributed by atoms with Crippen LogP contribution >= 0.6 is 34.8 Å². The van der Waals surface area contributed by atoms with E-state index in [1.165, 1.54) is 17.5 Å². The number of benzene rings is 3. The molecule has 24 heavy (non-hydrogen) atoms. The quantitative estimate of drug-likeness (QED) is 0.300. The Balaban J connectivity index is 1.65. The van der Waals surface area contributed by atoms with Crippen molar-refractivity contribution in [3.63, 3.8) is 0 Å². The number of fused-ring (bicyclic) bond motifs is 1. The Morgan fingerprint density at radius 3 is 2.33 bits per heavy atom. The molecule has 0 atom stereocenters. The number of carbonyl (C=O) groups excluding carboxylic acids is 1. The summed E-state index contributed by atoms with van der Waals surface area (Å²) in [6.07, 6.45) is 0.831. The second-order valence-corrected chi connectivity index (χ2v) is 6.57. The first-order valence-electron chi connectivity index (χ1n) is 7.36. The number of esters is 1. The average molecular weight is 380 g/mol. The molecule has 3 aromatic carbocycles. The highest BCUT2D eigenvalue weighted by atomic mass is 35.5. The van der Waals surface area contributed by atoms with E-state index in [1.54, 1.807) is 0 Å². The maximum atomic E-state index is 12.0. The molecule has 0 aliphatic heterocycles. The van der Waals surface area contributed by atoms with Crippen molar-refractivity contribution in [1.82, 2.24) is 0 Å². The van der Waals surface area contributed by atoms with E-state index in [0.717, 1.165) is 10.9 Å². The maximum Gasteiger partial charge on any atom is 0.311 e. The van der Waals surface area contributed by atoms with E-state index < -0.39 is 0 Å². The van der Waals surface area contributed by atoms with Crippen LogP contribution in [0.5, 0.6) is 5.75 Å². The minimum atomic E-state index is -0.372. The molecule has 0 bridgehead atoms. The number of carbonyl (C=O) groups is 1. The van der Waals surface area contributed by atoms with Gasteiger partial charge in [-0.15, -0.1) is 0 Å². The van der Waals surface area contributed by atoms with Crippen molar-refractivity contribution in [3.8, 4) is 5.75 Å². The molecule has 0 saturated heterocycles. The summed E-state index contributed by atoms with van der Waals surface area (Å²) in [5, 5.41) is 3.18. The van der Waals surface area contributed by atoms with Crippen LogP contribution in [0.2, 0.25) is 15.1 Å². The summed E-state index contributed by atoms with van der Waals surface area (Å²) in [5.41, 5.74) is 1.07. The lowest BCUT2D eigenvalue weighted by molar-refractivity contribution is -0.134. The number of ether oxygens (including phenoxy) is 1. The first-order chi connectivity index (χ1) is 11.5. The molecule has 0 aromatic heterocycles. The lowest BCUT2D eigenvalue weighted by atomic mass is 10.0. The van der Waals surface area contributed by atoms with Crippen molar-refractivity contribution >= 4 is 51.5 Å². The molecule has 0 amide bonds. The number of aryl methyl sites for hydroxylation is 1. The zero-order chi connectivity index (χ0) is 17.1. The van der Waals surface area contributed by atoms with Crippen LogP contribution in [0.4, 0.5) is 0 Å². The Hall–Kier alpha value is -1.74. The molecule has 2 nitrogen and oxygen atoms in total. The van der Waals surface area contributed by atoms with Gasteiger partial charge in [-0.05, 0) is 28.8 Å². The van der Waals surface area contributed by atoms with Crippen LogP contribution in [0.3, 0.4) is 0 Å². The Labute approximate surface area is 154 Å². The molecule has 0 aliphatic carbocycles. The highest BCUT2D eigenvalue weighted by Crippen LogP contribution is 2.34. The van der Waals surface area contributed by atoms with Crippen LogP contribution in [0.15, 0.2) is 54.6 Å². The predicted molar refractivity (Wildman–Crippen MR) is 99.4 cm³/mol. The third-order valence-electron chi connectivity index (χ3n) is 3.63. The van der Waals surface area contributed by atoms with Crippen LogP contribution in [-0.2, 0) is 11.2 Å². The maximum absolute atomic E-state index is 12.0. The van der Waals surface area contributed by atoms with Gasteiger partial charge in [-0.1, -0.05) is 77.3 Å². The second kappa shape index (κ2) is 7.43. The summed E-state index contributed by atoms with van der Waals surface area (Å²) in [6, 6.07) is 17.1. The van der Waals surface area contributed by atoms with Gasteiger partial charge in [-0.25, -0.2) is 0 Å². The van der Waals surface area contributed by atoms with Crippen LogP contribution in [0, 0.1) is 0 Å². The summed E-state index contributed by atoms with van der Waals surface area (Å²) in [7, 11) is 0. The molecular weight excluding hydrogens is 367 g/mol. The normalized spacial score (nSPS) is 10.8. The van der Waals surface area contributed by atoms with Crippen molar-refractivity contribution in [2.24, 2.45) is 0 Å². The zero-order valence-electron chi connectivity index (χ0n) is 12.6. The highest BCUT2D eigenvalue weighted by Gasteiger charge is 2.12. The van der Waals surface area contributed by atoms with Crippen molar-refractivity contribution in [1.29, 1.82) is 0 Å². The Kier molecular flexibility index (Phi) is 5.30. The van der Waals surface area contributed by atoms with E-state index in [-0.39, 0.29) is 23.2 Å². The van der Waals surface area contributed by atoms with Gasteiger partial charge < -0.3 is 4.74 Å². The minimum Gasteiger partial charge on any atom is -0.425 e. The van der Waals surface area contributed by atoms with Gasteiger partial charge in [0.05, 0.1) is 15.1 Å². The summed E-state index contributed by atoms with van der Waals surface area (Å²) < 4.78 is 5.28. The monoisotopic (exact) mass is 378 g/mol. The molecular formula is C19H13Cl3O2. The lowest BCUT2D eigenvalue weighted by Crippen LogP contribution is -2.09. The van der Waals surface area contributed by atoms with Gasteiger partial charge in [-0.2, -0.15) is 0 Å². The molecule has 0 saturated carbocycles. The molecule has 0 radical (unpaired) electrons. The topological polar surface area (TPSA) is 26.3 Å². The van der Waals surface area contributed by atoms with Crippen LogP contribution in [-0.4, -0.2) is 5.97 Å². The fourth-order valence-corrected chi connectivity index (χ4v) is 2.97. The SMILES string of the molecule is O=C(CCc1ccc2ccccc2c1)Oc1cc(Cl)c(Cl)cc1Cl. The van der Waals surface area contributed by atoms with E-state index in [0.29, 0.717) is 16.5 Å². The van der Waals surface area contributed by atoms with Crippen molar-refractivity contribution in [3.05, 3.63) is 75.2 Å². The molecule has 0 aliphatic rings. The molecule has 3 aromatic rings. The van der Waals surface area contributed by atoms with Gasteiger partial charge >= 0.3 is 5.97 Å². The Morgan fingerprint density at radius 1 is 0.833 bits per heavy atom. The molecule has 0 fully saturated rings. The van der Waals surface area contributed by atoms with Gasteiger partial charge in [0.2, 0.25) is 0 Å². The largest absolute Gasteiger partial charge is 0.425 e. The first kappa shape index (κ1) is 17.1. The van der Waals surface area contributed by atoms with Crippen molar-refractivity contribution < 1.29 is 9.53 Å². The smallest absolute Gasteiger partial charge is 0.311 e. The molecule has 5 heteroatoms. The van der Waals surface area contributed by atoms with Crippen molar-refractivity contribution in [2.45, 2.75) is 12.8 Å². The van der Waals surface area contributed by atoms with Gasteiger partial charge in [0.1, 0.15) is 0 Å². The molecule has 3 rings (SSSR count). The predicted octanol–water partition coefficient (Wildman–Crippen LogP) is 6.34. The van der Waals surface area contributed by atoms with E-state index in [2.05, 4.69) is 12.1 Å². The minimum absolute atomic E-state index is 0.217. The number of hydrogen-bond acceptors (Lipinski definition) is 2. The Morgan fingerprint density at radius 2 is 1.54 bits per heavy atom. The van der Waals surface area contributed by atoms with Gasteiger partial charge in [0.15, 0.2) is 5.75 Å². The summed E-state index contributed by atoms with van der Waals surface area (Å²) >= 11 is 17.8. The molecule has 0 spiro atoms. The lowest BCUT2D eigenvalue weighted by Gasteiger charge is -2.08. The third kappa shape index (κ3) is 4.02. The summed E-state index contributed by atoms with van der Waals surface area (Å²) in [4.78, 5) is 12.0. The fourth-order valence-electron chi connectivity index (χ4n) is 2.40. The van der Waals surface area contributed by atoms with Crippen molar-refractivity contribution in [2.75, 3.05) is 0 Å². The third-order valence-corrected chi connectivity index (χ3v) is 4.65. The van der Waals surface area contributed by atoms with Crippen LogP contribution in [0.25, 0.3) is 10.8 Å². The summed E-state index contributed by atoms with van der Waals surface area (Å²) in [5.74, 6) is -0.155. The van der Waals surface area contributed by atoms with Crippen LogP contribution in [0.1, 0.15) is 12.0 Å². The Bertz CT molecular complexity index is 906. The molecule has 122 valence electrons. The van der Waals surface area contributed by atoms with Crippen LogP contribution < -0.4 is 4.74 Å². The van der Waals surface area contributed by atoms with E-state index in [9.17, 15) is 4.79 Å². The highest BCUT2D eigenvalue weighted by molar-refractivity contribution is 6.43. The van der Waals surface area contributed by atoms with Gasteiger partial charge in [-0.3, -0.25) is 4.79 Å². The number of halogens is 3. The van der Waals surface area contributed by atoms with Gasteiger partial charge in [0, 0.05) is 12.5 Å². The number of rotatable bonds is 4. The molecule has 0 unspecified atom stereocenters. The molecule has 0 heterocycles. The number of hydrogen-bond donors (Lipinski definition) is 0. The fraction of sp³-hybridized carbons (Fsp3) is 0.105. The zero-order valence-corrected chi connectivity index (χ0v) is 14.8. The standard InChI is InChI=1S/C19H13Cl3O2/c20-15-10-17(22)18(11-16(15)21)24-19(23)8-6-12-5-7-13-3-1-2-4-14(13)9-12/h1-5,7,9-11H,6,8H2. The first-order valence-corrected chi connectivity index (χ1v) is 8.49. The van der Waals surface area contributed by atoms with E-state index in [4.69, 9.17) is 39.5 Å². The van der Waals surface area contributed by atoms with Gasteiger partial charge in [0.25, 0.3) is 0 Å². The average Bonchev–Trinajstić information content (AvgIpc) is 2.57. The summed E-state index contributed by atoms with van der Waals surface area (Å²) in [6.45, 7) is 0. The molecule has 0 N–H and O–H groups in total. The van der Waals surface area contributed by atoms with E-state index in [1.807, 2.05) is 30.3 Å². The second-order valence-electron chi connectivity index (χ2n) is 5.35.